The molecule has 0 aliphatic carbocycles. The molecule has 4 rings (SSSR count). The van der Waals surface area contributed by atoms with Gasteiger partial charge in [0.15, 0.2) is 11.5 Å². The largest absolute Gasteiger partial charge is 0.486 e. The van der Waals surface area contributed by atoms with Crippen LogP contribution in [-0.4, -0.2) is 31.6 Å². The van der Waals surface area contributed by atoms with Gasteiger partial charge in [-0.2, -0.15) is 0 Å². The summed E-state index contributed by atoms with van der Waals surface area (Å²) in [5.41, 5.74) is 2.30. The van der Waals surface area contributed by atoms with E-state index in [0.29, 0.717) is 37.5 Å². The Morgan fingerprint density at radius 1 is 1.07 bits per heavy atom. The third-order valence-corrected chi connectivity index (χ3v) is 5.37. The van der Waals surface area contributed by atoms with Crippen molar-refractivity contribution < 1.29 is 19.1 Å². The molecule has 0 unspecified atom stereocenters. The molecule has 0 radical (unpaired) electrons. The molecule has 29 heavy (non-hydrogen) atoms. The maximum absolute atomic E-state index is 13.0. The molecule has 0 saturated carbocycles. The first-order valence-electron chi connectivity index (χ1n) is 10.1. The van der Waals surface area contributed by atoms with E-state index in [4.69, 9.17) is 9.47 Å². The van der Waals surface area contributed by atoms with Crippen molar-refractivity contribution in [2.75, 3.05) is 24.7 Å². The maximum Gasteiger partial charge on any atom is 0.251 e. The van der Waals surface area contributed by atoms with Crippen LogP contribution in [0.4, 0.5) is 5.69 Å². The Kier molecular flexibility index (Phi) is 5.43. The number of carbonyl (C=O) groups is 2. The fourth-order valence-corrected chi connectivity index (χ4v) is 3.85. The molecule has 2 aromatic carbocycles. The molecule has 2 aliphatic heterocycles. The van der Waals surface area contributed by atoms with E-state index in [0.717, 1.165) is 23.4 Å². The van der Waals surface area contributed by atoms with Gasteiger partial charge in [0.2, 0.25) is 5.91 Å². The first-order valence-corrected chi connectivity index (χ1v) is 10.1. The van der Waals surface area contributed by atoms with E-state index in [1.165, 1.54) is 0 Å². The number of benzene rings is 2. The van der Waals surface area contributed by atoms with E-state index in [2.05, 4.69) is 19.2 Å². The van der Waals surface area contributed by atoms with E-state index in [1.807, 2.05) is 30.3 Å². The average molecular weight is 394 g/mol. The van der Waals surface area contributed by atoms with Crippen LogP contribution >= 0.6 is 0 Å². The fourth-order valence-electron chi connectivity index (χ4n) is 3.85. The molecule has 2 aromatic rings. The van der Waals surface area contributed by atoms with Crippen molar-refractivity contribution in [1.29, 1.82) is 0 Å². The lowest BCUT2D eigenvalue weighted by molar-refractivity contribution is -0.117. The zero-order valence-corrected chi connectivity index (χ0v) is 16.8. The van der Waals surface area contributed by atoms with Crippen molar-refractivity contribution >= 4 is 17.5 Å². The SMILES string of the molecule is CC(C)[C@H](NC(=O)c1cccc(N2CCCC2=O)c1)c1ccc2c(c1)OCCO2. The van der Waals surface area contributed by atoms with Gasteiger partial charge in [0, 0.05) is 24.2 Å². The highest BCUT2D eigenvalue weighted by molar-refractivity contribution is 5.99. The average Bonchev–Trinajstić information content (AvgIpc) is 3.17. The predicted molar refractivity (Wildman–Crippen MR) is 111 cm³/mol. The van der Waals surface area contributed by atoms with E-state index < -0.39 is 0 Å². The van der Waals surface area contributed by atoms with Gasteiger partial charge in [-0.25, -0.2) is 0 Å². The second kappa shape index (κ2) is 8.15. The number of hydrogen-bond donors (Lipinski definition) is 1. The van der Waals surface area contributed by atoms with E-state index in [9.17, 15) is 9.59 Å². The highest BCUT2D eigenvalue weighted by Gasteiger charge is 2.24. The van der Waals surface area contributed by atoms with Gasteiger partial charge in [-0.3, -0.25) is 9.59 Å². The quantitative estimate of drug-likeness (QED) is 0.839. The molecule has 1 fully saturated rings. The number of fused-ring (bicyclic) bond motifs is 1. The minimum absolute atomic E-state index is 0.110. The summed E-state index contributed by atoms with van der Waals surface area (Å²) in [6, 6.07) is 12.9. The van der Waals surface area contributed by atoms with Crippen molar-refractivity contribution in [3.8, 4) is 11.5 Å². The molecule has 0 aromatic heterocycles. The molecular formula is C23H26N2O4. The van der Waals surface area contributed by atoms with Crippen LogP contribution in [-0.2, 0) is 4.79 Å². The van der Waals surface area contributed by atoms with Crippen LogP contribution in [0.3, 0.4) is 0 Å². The molecule has 6 nitrogen and oxygen atoms in total. The molecule has 1 N–H and O–H groups in total. The topological polar surface area (TPSA) is 67.9 Å². The van der Waals surface area contributed by atoms with Crippen molar-refractivity contribution in [2.24, 2.45) is 5.92 Å². The molecule has 2 aliphatic rings. The minimum atomic E-state index is -0.171. The monoisotopic (exact) mass is 394 g/mol. The first-order chi connectivity index (χ1) is 14.0. The number of rotatable bonds is 5. The van der Waals surface area contributed by atoms with Gasteiger partial charge in [0.25, 0.3) is 5.91 Å². The summed E-state index contributed by atoms with van der Waals surface area (Å²) >= 11 is 0. The van der Waals surface area contributed by atoms with Gasteiger partial charge in [-0.15, -0.1) is 0 Å². The van der Waals surface area contributed by atoms with Gasteiger partial charge in [0.1, 0.15) is 13.2 Å². The number of ether oxygens (including phenoxy) is 2. The van der Waals surface area contributed by atoms with Gasteiger partial charge < -0.3 is 19.7 Å². The van der Waals surface area contributed by atoms with Crippen molar-refractivity contribution in [2.45, 2.75) is 32.7 Å². The van der Waals surface area contributed by atoms with E-state index >= 15 is 0 Å². The van der Waals surface area contributed by atoms with Gasteiger partial charge >= 0.3 is 0 Å². The second-order valence-electron chi connectivity index (χ2n) is 7.80. The molecule has 152 valence electrons. The lowest BCUT2D eigenvalue weighted by Crippen LogP contribution is -2.32. The number of amides is 2. The van der Waals surface area contributed by atoms with E-state index in [-0.39, 0.29) is 23.8 Å². The van der Waals surface area contributed by atoms with Crippen LogP contribution in [0.5, 0.6) is 11.5 Å². The summed E-state index contributed by atoms with van der Waals surface area (Å²) in [6.45, 7) is 5.92. The van der Waals surface area contributed by atoms with Gasteiger partial charge in [0.05, 0.1) is 6.04 Å². The Balaban J connectivity index is 1.54. The smallest absolute Gasteiger partial charge is 0.251 e. The lowest BCUT2D eigenvalue weighted by Gasteiger charge is -2.25. The van der Waals surface area contributed by atoms with Crippen molar-refractivity contribution in [1.82, 2.24) is 5.32 Å². The third kappa shape index (κ3) is 4.06. The van der Waals surface area contributed by atoms with Crippen LogP contribution < -0.4 is 19.7 Å². The number of carbonyl (C=O) groups excluding carboxylic acids is 2. The van der Waals surface area contributed by atoms with Crippen LogP contribution in [0.2, 0.25) is 0 Å². The maximum atomic E-state index is 13.0. The molecule has 2 amide bonds. The highest BCUT2D eigenvalue weighted by atomic mass is 16.6. The Morgan fingerprint density at radius 2 is 1.86 bits per heavy atom. The summed E-state index contributed by atoms with van der Waals surface area (Å²) in [7, 11) is 0. The van der Waals surface area contributed by atoms with Gasteiger partial charge in [-0.05, 0) is 48.2 Å². The predicted octanol–water partition coefficient (Wildman–Crippen LogP) is 3.71. The normalized spacial score (nSPS) is 16.8. The number of nitrogens with zero attached hydrogens (tertiary/aromatic N) is 1. The molecule has 0 bridgehead atoms. The third-order valence-electron chi connectivity index (χ3n) is 5.37. The van der Waals surface area contributed by atoms with Crippen LogP contribution in [0.1, 0.15) is 48.7 Å². The van der Waals surface area contributed by atoms with Crippen molar-refractivity contribution in [3.05, 3.63) is 53.6 Å². The number of nitrogens with one attached hydrogen (secondary N) is 1. The molecule has 0 spiro atoms. The zero-order chi connectivity index (χ0) is 20.4. The minimum Gasteiger partial charge on any atom is -0.486 e. The molecule has 1 saturated heterocycles. The van der Waals surface area contributed by atoms with Gasteiger partial charge in [-0.1, -0.05) is 26.0 Å². The zero-order valence-electron chi connectivity index (χ0n) is 16.8. The summed E-state index contributed by atoms with van der Waals surface area (Å²) in [5, 5.41) is 3.15. The Morgan fingerprint density at radius 3 is 2.59 bits per heavy atom. The lowest BCUT2D eigenvalue weighted by atomic mass is 9.95. The second-order valence-corrected chi connectivity index (χ2v) is 7.80. The Labute approximate surface area is 170 Å². The highest BCUT2D eigenvalue weighted by Crippen LogP contribution is 2.34. The Bertz CT molecular complexity index is 925. The Hall–Kier alpha value is -3.02. The molecule has 2 heterocycles. The summed E-state index contributed by atoms with van der Waals surface area (Å²) in [4.78, 5) is 26.8. The number of hydrogen-bond acceptors (Lipinski definition) is 4. The molecular weight excluding hydrogens is 368 g/mol. The van der Waals surface area contributed by atoms with Crippen LogP contribution in [0.25, 0.3) is 0 Å². The van der Waals surface area contributed by atoms with Crippen LogP contribution in [0.15, 0.2) is 42.5 Å². The molecule has 1 atom stereocenters. The summed E-state index contributed by atoms with van der Waals surface area (Å²) in [6.07, 6.45) is 1.42. The molecule has 6 heteroatoms. The number of anilines is 1. The fraction of sp³-hybridized carbons (Fsp3) is 0.391. The van der Waals surface area contributed by atoms with Crippen molar-refractivity contribution in [3.63, 3.8) is 0 Å². The standard InChI is InChI=1S/C23H26N2O4/c1-15(2)22(16-8-9-19-20(14-16)29-12-11-28-19)24-23(27)17-5-3-6-18(13-17)25-10-4-7-21(25)26/h3,5-6,8-9,13-15,22H,4,7,10-12H2,1-2H3,(H,24,27)/t22-/m0/s1. The summed E-state index contributed by atoms with van der Waals surface area (Å²) in [5.74, 6) is 1.58. The van der Waals surface area contributed by atoms with Crippen LogP contribution in [0, 0.1) is 5.92 Å². The van der Waals surface area contributed by atoms with E-state index in [1.54, 1.807) is 17.0 Å². The first kappa shape index (κ1) is 19.3. The summed E-state index contributed by atoms with van der Waals surface area (Å²) < 4.78 is 11.3.